The van der Waals surface area contributed by atoms with E-state index in [-0.39, 0.29) is 11.8 Å². The number of aromatic nitrogens is 1. The van der Waals surface area contributed by atoms with Gasteiger partial charge in [0.2, 0.25) is 0 Å². The lowest BCUT2D eigenvalue weighted by molar-refractivity contribution is 0.0383. The Morgan fingerprint density at radius 2 is 1.58 bits per heavy atom. The summed E-state index contributed by atoms with van der Waals surface area (Å²) in [7, 11) is 0. The highest BCUT2D eigenvalue weighted by atomic mass is 16.5. The van der Waals surface area contributed by atoms with Crippen LogP contribution in [0, 0.1) is 0 Å². The van der Waals surface area contributed by atoms with Gasteiger partial charge >= 0.3 is 0 Å². The number of morpholine rings is 1. The van der Waals surface area contributed by atoms with E-state index in [2.05, 4.69) is 15.5 Å². The first-order valence-corrected chi connectivity index (χ1v) is 12.1. The van der Waals surface area contributed by atoms with Gasteiger partial charge in [-0.05, 0) is 36.4 Å². The molecule has 2 N–H and O–H groups in total. The topological polar surface area (TPSA) is 83.6 Å². The third-order valence-electron chi connectivity index (χ3n) is 6.25. The number of hydrogen-bond donors (Lipinski definition) is 2. The van der Waals surface area contributed by atoms with E-state index in [1.165, 1.54) is 0 Å². The SMILES string of the molecule is O=C(NCCN1CCOCC1)c1ccc(NC(=O)c2cc(-c3ccccc3)nc3ccccc23)cc1. The molecule has 0 saturated carbocycles. The lowest BCUT2D eigenvalue weighted by Gasteiger charge is -2.26. The molecule has 182 valence electrons. The van der Waals surface area contributed by atoms with Crippen molar-refractivity contribution in [2.45, 2.75) is 0 Å². The largest absolute Gasteiger partial charge is 0.379 e. The first-order chi connectivity index (χ1) is 17.7. The van der Waals surface area contributed by atoms with Crippen molar-refractivity contribution in [1.82, 2.24) is 15.2 Å². The monoisotopic (exact) mass is 480 g/mol. The zero-order valence-corrected chi connectivity index (χ0v) is 19.9. The van der Waals surface area contributed by atoms with Gasteiger partial charge in [-0.2, -0.15) is 0 Å². The number of amides is 2. The maximum Gasteiger partial charge on any atom is 0.256 e. The van der Waals surface area contributed by atoms with E-state index in [1.54, 1.807) is 24.3 Å². The predicted molar refractivity (Wildman–Crippen MR) is 141 cm³/mol. The van der Waals surface area contributed by atoms with Crippen LogP contribution in [0.3, 0.4) is 0 Å². The van der Waals surface area contributed by atoms with E-state index < -0.39 is 0 Å². The van der Waals surface area contributed by atoms with Crippen molar-refractivity contribution in [3.05, 3.63) is 96.1 Å². The number of nitrogens with zero attached hydrogens (tertiary/aromatic N) is 2. The van der Waals surface area contributed by atoms with E-state index in [0.29, 0.717) is 23.4 Å². The summed E-state index contributed by atoms with van der Waals surface area (Å²) in [5.74, 6) is -0.359. The van der Waals surface area contributed by atoms with Crippen molar-refractivity contribution >= 4 is 28.4 Å². The smallest absolute Gasteiger partial charge is 0.256 e. The summed E-state index contributed by atoms with van der Waals surface area (Å²) in [6, 6.07) is 26.2. The van der Waals surface area contributed by atoms with Crippen LogP contribution < -0.4 is 10.6 Å². The standard InChI is InChI=1S/C29H28N4O3/c34-28(30-14-15-33-16-18-36-19-17-33)22-10-12-23(13-11-22)31-29(35)25-20-27(21-6-2-1-3-7-21)32-26-9-5-4-8-24(25)26/h1-13,20H,14-19H2,(H,30,34)(H,31,35). The summed E-state index contributed by atoms with van der Waals surface area (Å²) in [5, 5.41) is 6.71. The van der Waals surface area contributed by atoms with E-state index in [9.17, 15) is 9.59 Å². The van der Waals surface area contributed by atoms with Crippen molar-refractivity contribution in [3.63, 3.8) is 0 Å². The highest BCUT2D eigenvalue weighted by Crippen LogP contribution is 2.25. The van der Waals surface area contributed by atoms with Crippen LogP contribution in [-0.4, -0.2) is 61.1 Å². The molecule has 36 heavy (non-hydrogen) atoms. The van der Waals surface area contributed by atoms with Gasteiger partial charge in [0, 0.05) is 48.4 Å². The minimum atomic E-state index is -0.228. The molecule has 1 aromatic heterocycles. The highest BCUT2D eigenvalue weighted by molar-refractivity contribution is 6.13. The quantitative estimate of drug-likeness (QED) is 0.414. The Hall–Kier alpha value is -4.07. The van der Waals surface area contributed by atoms with Gasteiger partial charge in [-0.3, -0.25) is 14.5 Å². The fourth-order valence-corrected chi connectivity index (χ4v) is 4.28. The Labute approximate surface area is 210 Å². The maximum absolute atomic E-state index is 13.3. The molecule has 0 radical (unpaired) electrons. The predicted octanol–water partition coefficient (Wildman–Crippen LogP) is 4.22. The van der Waals surface area contributed by atoms with Gasteiger partial charge in [0.25, 0.3) is 11.8 Å². The molecule has 1 saturated heterocycles. The van der Waals surface area contributed by atoms with Crippen molar-refractivity contribution in [2.75, 3.05) is 44.7 Å². The molecule has 0 unspecified atom stereocenters. The minimum absolute atomic E-state index is 0.131. The van der Waals surface area contributed by atoms with Gasteiger partial charge in [0.1, 0.15) is 0 Å². The molecular formula is C29H28N4O3. The van der Waals surface area contributed by atoms with Crippen LogP contribution in [0.5, 0.6) is 0 Å². The van der Waals surface area contributed by atoms with Crippen LogP contribution in [-0.2, 0) is 4.74 Å². The molecule has 3 aromatic carbocycles. The van der Waals surface area contributed by atoms with Crippen molar-refractivity contribution in [2.24, 2.45) is 0 Å². The number of carbonyl (C=O) groups is 2. The van der Waals surface area contributed by atoms with Crippen molar-refractivity contribution in [3.8, 4) is 11.3 Å². The fraction of sp³-hybridized carbons (Fsp3) is 0.207. The van der Waals surface area contributed by atoms with Crippen LogP contribution in [0.15, 0.2) is 84.9 Å². The third-order valence-corrected chi connectivity index (χ3v) is 6.25. The highest BCUT2D eigenvalue weighted by Gasteiger charge is 2.15. The summed E-state index contributed by atoms with van der Waals surface area (Å²) >= 11 is 0. The first kappa shape index (κ1) is 23.7. The number of para-hydroxylation sites is 1. The average Bonchev–Trinajstić information content (AvgIpc) is 2.94. The summed E-state index contributed by atoms with van der Waals surface area (Å²) < 4.78 is 5.35. The Balaban J connectivity index is 1.27. The molecule has 7 heteroatoms. The number of hydrogen-bond acceptors (Lipinski definition) is 5. The number of benzene rings is 3. The molecule has 5 rings (SSSR count). The second kappa shape index (κ2) is 11.1. The Morgan fingerprint density at radius 3 is 2.36 bits per heavy atom. The molecule has 2 heterocycles. The molecule has 0 aliphatic carbocycles. The summed E-state index contributed by atoms with van der Waals surface area (Å²) in [6.07, 6.45) is 0. The molecule has 0 bridgehead atoms. The number of carbonyl (C=O) groups excluding carboxylic acids is 2. The second-order valence-electron chi connectivity index (χ2n) is 8.68. The van der Waals surface area contributed by atoms with Gasteiger partial charge in [0.05, 0.1) is 30.0 Å². The van der Waals surface area contributed by atoms with E-state index >= 15 is 0 Å². The van der Waals surface area contributed by atoms with Crippen LogP contribution in [0.2, 0.25) is 0 Å². The molecule has 1 fully saturated rings. The molecular weight excluding hydrogens is 452 g/mol. The Bertz CT molecular complexity index is 1350. The number of nitrogens with one attached hydrogen (secondary N) is 2. The number of anilines is 1. The Kier molecular flexibility index (Phi) is 7.30. The summed E-state index contributed by atoms with van der Waals surface area (Å²) in [5.41, 5.74) is 4.16. The second-order valence-corrected chi connectivity index (χ2v) is 8.68. The molecule has 4 aromatic rings. The normalized spacial score (nSPS) is 13.9. The summed E-state index contributed by atoms with van der Waals surface area (Å²) in [6.45, 7) is 4.64. The number of fused-ring (bicyclic) bond motifs is 1. The van der Waals surface area contributed by atoms with Crippen molar-refractivity contribution < 1.29 is 14.3 Å². The number of ether oxygens (including phenoxy) is 1. The molecule has 0 atom stereocenters. The molecule has 7 nitrogen and oxygen atoms in total. The van der Waals surface area contributed by atoms with Gasteiger partial charge in [-0.15, -0.1) is 0 Å². The fourth-order valence-electron chi connectivity index (χ4n) is 4.28. The average molecular weight is 481 g/mol. The number of pyridine rings is 1. The zero-order chi connectivity index (χ0) is 24.7. The minimum Gasteiger partial charge on any atom is -0.379 e. The van der Waals surface area contributed by atoms with Gasteiger partial charge in [-0.25, -0.2) is 4.98 Å². The van der Waals surface area contributed by atoms with Gasteiger partial charge in [-0.1, -0.05) is 48.5 Å². The number of rotatable bonds is 7. The van der Waals surface area contributed by atoms with E-state index in [1.807, 2.05) is 60.7 Å². The third kappa shape index (κ3) is 5.59. The maximum atomic E-state index is 13.3. The summed E-state index contributed by atoms with van der Waals surface area (Å²) in [4.78, 5) is 32.8. The van der Waals surface area contributed by atoms with Gasteiger partial charge in [0.15, 0.2) is 0 Å². The van der Waals surface area contributed by atoms with Crippen molar-refractivity contribution in [1.29, 1.82) is 0 Å². The lowest BCUT2D eigenvalue weighted by Crippen LogP contribution is -2.41. The zero-order valence-electron chi connectivity index (χ0n) is 19.9. The first-order valence-electron chi connectivity index (χ1n) is 12.1. The molecule has 2 amide bonds. The lowest BCUT2D eigenvalue weighted by atomic mass is 10.0. The van der Waals surface area contributed by atoms with Crippen LogP contribution in [0.1, 0.15) is 20.7 Å². The van der Waals surface area contributed by atoms with E-state index in [4.69, 9.17) is 9.72 Å². The van der Waals surface area contributed by atoms with Gasteiger partial charge < -0.3 is 15.4 Å². The molecule has 1 aliphatic heterocycles. The molecule has 1 aliphatic rings. The molecule has 0 spiro atoms. The van der Waals surface area contributed by atoms with E-state index in [0.717, 1.165) is 55.0 Å². The van der Waals surface area contributed by atoms with Crippen LogP contribution in [0.25, 0.3) is 22.2 Å². The van der Waals surface area contributed by atoms with Crippen LogP contribution in [0.4, 0.5) is 5.69 Å². The van der Waals surface area contributed by atoms with Crippen LogP contribution >= 0.6 is 0 Å². The Morgan fingerprint density at radius 1 is 0.861 bits per heavy atom.